The molecule has 360 valence electrons. The third kappa shape index (κ3) is 15.0. The van der Waals surface area contributed by atoms with Gasteiger partial charge in [-0.1, -0.05) is 18.2 Å². The number of aromatic hydroxyl groups is 1. The Morgan fingerprint density at radius 1 is 0.543 bits per heavy atom. The number of anilines is 2. The second kappa shape index (κ2) is 24.5. The van der Waals surface area contributed by atoms with E-state index < -0.39 is 31.3 Å². The summed E-state index contributed by atoms with van der Waals surface area (Å²) in [6.45, 7) is 3.30. The first-order valence-corrected chi connectivity index (χ1v) is 23.3. The van der Waals surface area contributed by atoms with Crippen LogP contribution in [0.4, 0.5) is 56.9 Å². The molecule has 25 heteroatoms. The summed E-state index contributed by atoms with van der Waals surface area (Å²) >= 11 is 0. The SMILES string of the molecule is COc1ccc(Nc2ccc3c(O)c(N=Nc4cc(CO)c(N=Nc5ccc(N=Nc6ccc(N=Nc7ccccc7S(=O)(=O)O)c(C)c6)c(C)c5)cc4OC)ccc3c2)cc1.O=S(=O)=O.O=S(=O)=O. The fourth-order valence-corrected chi connectivity index (χ4v) is 6.81. The normalized spacial score (nSPS) is 11.3. The Labute approximate surface area is 402 Å². The highest BCUT2D eigenvalue weighted by Gasteiger charge is 2.15. The van der Waals surface area contributed by atoms with E-state index in [0.717, 1.165) is 33.6 Å². The summed E-state index contributed by atoms with van der Waals surface area (Å²) in [7, 11) is -7.58. The number of nitrogens with zero attached hydrogens (tertiary/aromatic N) is 8. The third-order valence-corrected chi connectivity index (χ3v) is 10.4. The molecule has 0 radical (unpaired) electrons. The molecule has 0 heterocycles. The van der Waals surface area contributed by atoms with Gasteiger partial charge in [-0.05, 0) is 133 Å². The van der Waals surface area contributed by atoms with Gasteiger partial charge in [0.25, 0.3) is 10.1 Å². The van der Waals surface area contributed by atoms with E-state index in [-0.39, 0.29) is 28.6 Å². The minimum Gasteiger partial charge on any atom is -0.505 e. The summed E-state index contributed by atoms with van der Waals surface area (Å²) in [6, 6.07) is 36.1. The molecular formula is C45H39N9O13S3. The number of methoxy groups -OCH3 is 2. The number of aliphatic hydroxyl groups is 1. The van der Waals surface area contributed by atoms with Crippen LogP contribution in [0.15, 0.2) is 173 Å². The summed E-state index contributed by atoms with van der Waals surface area (Å²) in [5.74, 6) is 1.06. The minimum atomic E-state index is -4.46. The van der Waals surface area contributed by atoms with Crippen molar-refractivity contribution in [1.82, 2.24) is 0 Å². The Hall–Kier alpha value is -8.49. The van der Waals surface area contributed by atoms with Gasteiger partial charge in [0, 0.05) is 28.4 Å². The van der Waals surface area contributed by atoms with Crippen LogP contribution >= 0.6 is 0 Å². The number of ether oxygens (including phenoxy) is 2. The van der Waals surface area contributed by atoms with Gasteiger partial charge in [0.2, 0.25) is 0 Å². The van der Waals surface area contributed by atoms with Crippen molar-refractivity contribution < 1.29 is 57.9 Å². The topological polar surface area (TPSA) is 327 Å². The number of phenols is 1. The van der Waals surface area contributed by atoms with Gasteiger partial charge in [-0.15, -0.1) is 40.6 Å². The van der Waals surface area contributed by atoms with Crippen molar-refractivity contribution in [1.29, 1.82) is 0 Å². The predicted octanol–water partition coefficient (Wildman–Crippen LogP) is 11.3. The van der Waals surface area contributed by atoms with E-state index in [1.165, 1.54) is 25.3 Å². The molecular weight excluding hydrogens is 971 g/mol. The number of hydrogen-bond donors (Lipinski definition) is 4. The molecule has 0 bridgehead atoms. The number of aryl methyl sites for hydroxylation is 2. The number of nitrogens with one attached hydrogen (secondary N) is 1. The monoisotopic (exact) mass is 1010 g/mol. The zero-order valence-corrected chi connectivity index (χ0v) is 39.5. The Morgan fingerprint density at radius 2 is 1.06 bits per heavy atom. The van der Waals surface area contributed by atoms with Crippen LogP contribution < -0.4 is 14.8 Å². The van der Waals surface area contributed by atoms with Crippen LogP contribution in [0.2, 0.25) is 0 Å². The maximum Gasteiger partial charge on any atom is 0.425 e. The maximum absolute atomic E-state index is 11.7. The summed E-state index contributed by atoms with van der Waals surface area (Å²) in [5.41, 5.74) is 6.76. The molecule has 7 aromatic rings. The average Bonchev–Trinajstić information content (AvgIpc) is 3.32. The van der Waals surface area contributed by atoms with Gasteiger partial charge in [-0.25, -0.2) is 0 Å². The summed E-state index contributed by atoms with van der Waals surface area (Å²) in [6.07, 6.45) is 0. The minimum absolute atomic E-state index is 0.0113. The highest BCUT2D eigenvalue weighted by atomic mass is 32.2. The zero-order valence-electron chi connectivity index (χ0n) is 37.1. The molecule has 70 heavy (non-hydrogen) atoms. The molecule has 0 saturated carbocycles. The van der Waals surface area contributed by atoms with E-state index in [0.29, 0.717) is 50.8 Å². The van der Waals surface area contributed by atoms with Gasteiger partial charge in [-0.2, -0.15) is 34.0 Å². The van der Waals surface area contributed by atoms with Gasteiger partial charge in [0.15, 0.2) is 5.75 Å². The molecule has 0 unspecified atom stereocenters. The first-order chi connectivity index (χ1) is 33.4. The fourth-order valence-electron chi connectivity index (χ4n) is 6.19. The Bertz CT molecular complexity index is 3480. The van der Waals surface area contributed by atoms with Gasteiger partial charge >= 0.3 is 21.2 Å². The molecule has 0 saturated heterocycles. The van der Waals surface area contributed by atoms with Crippen LogP contribution in [0.25, 0.3) is 10.8 Å². The largest absolute Gasteiger partial charge is 0.505 e. The zero-order chi connectivity index (χ0) is 51.0. The Morgan fingerprint density at radius 3 is 1.61 bits per heavy atom. The summed E-state index contributed by atoms with van der Waals surface area (Å²) in [4.78, 5) is -0.338. The molecule has 22 nitrogen and oxygen atoms in total. The molecule has 7 rings (SSSR count). The average molecular weight is 1010 g/mol. The molecule has 0 spiro atoms. The van der Waals surface area contributed by atoms with Crippen molar-refractivity contribution in [2.24, 2.45) is 40.9 Å². The van der Waals surface area contributed by atoms with Gasteiger partial charge in [0.1, 0.15) is 33.5 Å². The van der Waals surface area contributed by atoms with Crippen molar-refractivity contribution in [3.63, 3.8) is 0 Å². The van der Waals surface area contributed by atoms with E-state index in [2.05, 4.69) is 46.2 Å². The second-order valence-electron chi connectivity index (χ2n) is 14.1. The number of benzene rings is 7. The van der Waals surface area contributed by atoms with Crippen LogP contribution in [-0.2, 0) is 37.9 Å². The number of rotatable bonds is 14. The molecule has 7 aromatic carbocycles. The van der Waals surface area contributed by atoms with Crippen molar-refractivity contribution in [3.05, 3.63) is 144 Å². The van der Waals surface area contributed by atoms with Crippen LogP contribution in [0.5, 0.6) is 17.2 Å². The number of azo groups is 4. The van der Waals surface area contributed by atoms with E-state index in [4.69, 9.17) is 34.7 Å². The number of fused-ring (bicyclic) bond motifs is 1. The predicted molar refractivity (Wildman–Crippen MR) is 256 cm³/mol. The molecule has 0 aromatic heterocycles. The first kappa shape index (κ1) is 52.5. The van der Waals surface area contributed by atoms with E-state index in [1.807, 2.05) is 49.4 Å². The standard InChI is InChI=1S/C45H39N9O7S.2O3S/c1-27-21-34(13-19-37(27)49-47-33-14-20-38(28(2)22-33)50-51-39-7-5-6-8-44(39)62(57,58)59)48-53-41-25-43(61-4)42(24-30(41)26-55)54-52-40-18-9-29-23-32(12-17-36(29)45(40)56)46-31-10-15-35(60-3)16-11-31;2*1-4(2)3/h5-25,46,55-56H,26H2,1-4H3,(H,57,58,59);;. The lowest BCUT2D eigenvalue weighted by atomic mass is 10.1. The number of phenolic OH excluding ortho intramolecular Hbond substituents is 1. The van der Waals surface area contributed by atoms with E-state index in [1.54, 1.807) is 80.8 Å². The maximum atomic E-state index is 11.7. The fraction of sp³-hybridized carbons (Fsp3) is 0.111. The lowest BCUT2D eigenvalue weighted by Crippen LogP contribution is -1.97. The lowest BCUT2D eigenvalue weighted by molar-refractivity contribution is 0.282. The second-order valence-corrected chi connectivity index (χ2v) is 16.3. The van der Waals surface area contributed by atoms with Crippen LogP contribution in [0, 0.1) is 13.8 Å². The van der Waals surface area contributed by atoms with Crippen molar-refractivity contribution >= 4 is 99.0 Å². The first-order valence-electron chi connectivity index (χ1n) is 19.9. The smallest absolute Gasteiger partial charge is 0.425 e. The van der Waals surface area contributed by atoms with Crippen molar-refractivity contribution in [2.75, 3.05) is 19.5 Å². The van der Waals surface area contributed by atoms with Gasteiger partial charge < -0.3 is 25.0 Å². The Kier molecular flexibility index (Phi) is 18.4. The Balaban J connectivity index is 0.00000106. The third-order valence-electron chi connectivity index (χ3n) is 9.48. The van der Waals surface area contributed by atoms with E-state index in [9.17, 15) is 23.2 Å². The van der Waals surface area contributed by atoms with Crippen molar-refractivity contribution in [3.8, 4) is 17.2 Å². The van der Waals surface area contributed by atoms with E-state index >= 15 is 0 Å². The lowest BCUT2D eigenvalue weighted by Gasteiger charge is -2.10. The van der Waals surface area contributed by atoms with Gasteiger partial charge in [-0.3, -0.25) is 4.55 Å². The van der Waals surface area contributed by atoms with Crippen LogP contribution in [-0.4, -0.2) is 62.7 Å². The molecule has 0 atom stereocenters. The summed E-state index contributed by atoms with van der Waals surface area (Å²) < 4.78 is 94.3. The van der Waals surface area contributed by atoms with Crippen LogP contribution in [0.1, 0.15) is 16.7 Å². The molecule has 0 amide bonds. The molecule has 0 aliphatic rings. The summed E-state index contributed by atoms with van der Waals surface area (Å²) in [5, 5.41) is 60.5. The quantitative estimate of drug-likeness (QED) is 0.0581. The molecule has 0 fully saturated rings. The van der Waals surface area contributed by atoms with Gasteiger partial charge in [0.05, 0.1) is 49.3 Å². The molecule has 0 aliphatic carbocycles. The van der Waals surface area contributed by atoms with Crippen LogP contribution in [0.3, 0.4) is 0 Å². The number of aliphatic hydroxyl groups excluding tert-OH is 1. The number of hydrogen-bond acceptors (Lipinski definition) is 21. The highest BCUT2D eigenvalue weighted by Crippen LogP contribution is 2.41. The highest BCUT2D eigenvalue weighted by molar-refractivity contribution is 7.86. The molecule has 4 N–H and O–H groups in total. The van der Waals surface area contributed by atoms with Crippen molar-refractivity contribution in [2.45, 2.75) is 25.3 Å². The molecule has 0 aliphatic heterocycles.